The van der Waals surface area contributed by atoms with Crippen molar-refractivity contribution >= 4 is 28.3 Å². The number of carbonyl (C=O) groups is 2. The Labute approximate surface area is 175 Å². The van der Waals surface area contributed by atoms with E-state index in [9.17, 15) is 9.59 Å². The Balaban J connectivity index is 1.55. The van der Waals surface area contributed by atoms with Gasteiger partial charge in [-0.1, -0.05) is 36.4 Å². The molecule has 6 heteroatoms. The maximum Gasteiger partial charge on any atom is 0.259 e. The molecule has 0 radical (unpaired) electrons. The molecule has 1 saturated heterocycles. The third-order valence-electron chi connectivity index (χ3n) is 5.25. The van der Waals surface area contributed by atoms with Crippen molar-refractivity contribution in [1.82, 2.24) is 5.32 Å². The molecule has 0 aliphatic carbocycles. The first-order valence-electron chi connectivity index (χ1n) is 10.0. The summed E-state index contributed by atoms with van der Waals surface area (Å²) in [6.45, 7) is 1.19. The summed E-state index contributed by atoms with van der Waals surface area (Å²) in [6.07, 6.45) is 2.01. The van der Waals surface area contributed by atoms with Gasteiger partial charge < -0.3 is 20.1 Å². The molecule has 0 spiro atoms. The highest BCUT2D eigenvalue weighted by Gasteiger charge is 2.20. The van der Waals surface area contributed by atoms with E-state index in [1.165, 1.54) is 7.11 Å². The van der Waals surface area contributed by atoms with Crippen molar-refractivity contribution < 1.29 is 19.1 Å². The number of anilines is 1. The van der Waals surface area contributed by atoms with Gasteiger partial charge in [-0.3, -0.25) is 9.59 Å². The molecule has 154 valence electrons. The van der Waals surface area contributed by atoms with Crippen molar-refractivity contribution in [2.45, 2.75) is 18.9 Å². The van der Waals surface area contributed by atoms with Crippen LogP contribution in [0.1, 0.15) is 33.6 Å². The summed E-state index contributed by atoms with van der Waals surface area (Å²) in [5, 5.41) is 7.69. The van der Waals surface area contributed by atoms with E-state index >= 15 is 0 Å². The number of ether oxygens (including phenoxy) is 2. The smallest absolute Gasteiger partial charge is 0.259 e. The predicted octanol–water partition coefficient (Wildman–Crippen LogP) is 4.01. The normalized spacial score (nSPS) is 15.7. The predicted molar refractivity (Wildman–Crippen MR) is 116 cm³/mol. The molecular weight excluding hydrogens is 380 g/mol. The second-order valence-electron chi connectivity index (χ2n) is 7.24. The second-order valence-corrected chi connectivity index (χ2v) is 7.24. The van der Waals surface area contributed by atoms with Gasteiger partial charge in [-0.05, 0) is 47.9 Å². The highest BCUT2D eigenvalue weighted by Crippen LogP contribution is 2.27. The maximum absolute atomic E-state index is 13.0. The van der Waals surface area contributed by atoms with Crippen LogP contribution in [0.4, 0.5) is 5.69 Å². The van der Waals surface area contributed by atoms with Gasteiger partial charge in [0, 0.05) is 13.2 Å². The highest BCUT2D eigenvalue weighted by atomic mass is 16.5. The van der Waals surface area contributed by atoms with E-state index in [4.69, 9.17) is 9.47 Å². The van der Waals surface area contributed by atoms with Crippen molar-refractivity contribution in [3.63, 3.8) is 0 Å². The summed E-state index contributed by atoms with van der Waals surface area (Å²) < 4.78 is 11.0. The molecule has 3 aromatic rings. The van der Waals surface area contributed by atoms with E-state index in [0.29, 0.717) is 29.1 Å². The minimum Gasteiger partial charge on any atom is -0.496 e. The Hall–Kier alpha value is -3.38. The van der Waals surface area contributed by atoms with Crippen LogP contribution in [0, 0.1) is 0 Å². The van der Waals surface area contributed by atoms with E-state index in [1.54, 1.807) is 30.3 Å². The monoisotopic (exact) mass is 404 g/mol. The van der Waals surface area contributed by atoms with E-state index in [1.807, 2.05) is 30.3 Å². The summed E-state index contributed by atoms with van der Waals surface area (Å²) in [6, 6.07) is 18.4. The Morgan fingerprint density at radius 1 is 1.00 bits per heavy atom. The lowest BCUT2D eigenvalue weighted by Crippen LogP contribution is -2.32. The average Bonchev–Trinajstić information content (AvgIpc) is 3.30. The van der Waals surface area contributed by atoms with Crippen LogP contribution in [-0.4, -0.2) is 38.2 Å². The Bertz CT molecular complexity index is 1070. The van der Waals surface area contributed by atoms with Gasteiger partial charge in [0.05, 0.1) is 30.0 Å². The van der Waals surface area contributed by atoms with Gasteiger partial charge in [0.15, 0.2) is 0 Å². The number of fused-ring (bicyclic) bond motifs is 1. The standard InChI is InChI=1S/C24H24N2O4/c1-29-22-14-17-8-3-2-7-16(17)13-20(22)24(28)26-21-11-5-4-10-19(21)23(27)25-15-18-9-6-12-30-18/h2-5,7-8,10-11,13-14,18H,6,9,12,15H2,1H3,(H,25,27)(H,26,28)/t18-/m0/s1. The van der Waals surface area contributed by atoms with Crippen LogP contribution in [-0.2, 0) is 4.74 Å². The topological polar surface area (TPSA) is 76.7 Å². The van der Waals surface area contributed by atoms with E-state index in [-0.39, 0.29) is 17.9 Å². The van der Waals surface area contributed by atoms with Crippen molar-refractivity contribution in [1.29, 1.82) is 0 Å². The van der Waals surface area contributed by atoms with Crippen LogP contribution in [0.3, 0.4) is 0 Å². The van der Waals surface area contributed by atoms with Gasteiger partial charge in [0.25, 0.3) is 11.8 Å². The zero-order valence-electron chi connectivity index (χ0n) is 16.8. The Kier molecular flexibility index (Phi) is 5.95. The number of rotatable bonds is 6. The fourth-order valence-electron chi connectivity index (χ4n) is 3.65. The molecular formula is C24H24N2O4. The quantitative estimate of drug-likeness (QED) is 0.651. The van der Waals surface area contributed by atoms with Gasteiger partial charge in [-0.15, -0.1) is 0 Å². The number of hydrogen-bond donors (Lipinski definition) is 2. The number of carbonyl (C=O) groups excluding carboxylic acids is 2. The molecule has 0 bridgehead atoms. The molecule has 1 aliphatic heterocycles. The van der Waals surface area contributed by atoms with Gasteiger partial charge in [0.2, 0.25) is 0 Å². The summed E-state index contributed by atoms with van der Waals surface area (Å²) in [4.78, 5) is 25.7. The van der Waals surface area contributed by atoms with E-state index < -0.39 is 0 Å². The average molecular weight is 404 g/mol. The first-order chi connectivity index (χ1) is 14.7. The van der Waals surface area contributed by atoms with E-state index in [2.05, 4.69) is 10.6 Å². The minimum atomic E-state index is -0.336. The molecule has 4 rings (SSSR count). The van der Waals surface area contributed by atoms with E-state index in [0.717, 1.165) is 30.2 Å². The van der Waals surface area contributed by atoms with Gasteiger partial charge in [0.1, 0.15) is 5.75 Å². The number of para-hydroxylation sites is 1. The molecule has 2 N–H and O–H groups in total. The van der Waals surface area contributed by atoms with Crippen LogP contribution in [0.25, 0.3) is 10.8 Å². The van der Waals surface area contributed by atoms with Crippen LogP contribution in [0.2, 0.25) is 0 Å². The van der Waals surface area contributed by atoms with Crippen molar-refractivity contribution in [3.8, 4) is 5.75 Å². The van der Waals surface area contributed by atoms with Crippen LogP contribution < -0.4 is 15.4 Å². The third-order valence-corrected chi connectivity index (χ3v) is 5.25. The summed E-state index contributed by atoms with van der Waals surface area (Å²) >= 11 is 0. The lowest BCUT2D eigenvalue weighted by molar-refractivity contribution is 0.0858. The van der Waals surface area contributed by atoms with Crippen LogP contribution in [0.5, 0.6) is 5.75 Å². The molecule has 0 unspecified atom stereocenters. The largest absolute Gasteiger partial charge is 0.496 e. The Morgan fingerprint density at radius 2 is 1.73 bits per heavy atom. The molecule has 6 nitrogen and oxygen atoms in total. The molecule has 2 amide bonds. The molecule has 0 saturated carbocycles. The summed E-state index contributed by atoms with van der Waals surface area (Å²) in [5.74, 6) is -0.102. The molecule has 3 aromatic carbocycles. The molecule has 0 aromatic heterocycles. The molecule has 1 aliphatic rings. The molecule has 1 heterocycles. The van der Waals surface area contributed by atoms with Crippen molar-refractivity contribution in [2.24, 2.45) is 0 Å². The van der Waals surface area contributed by atoms with Crippen LogP contribution in [0.15, 0.2) is 60.7 Å². The first kappa shape index (κ1) is 19.9. The molecule has 30 heavy (non-hydrogen) atoms. The van der Waals surface area contributed by atoms with Gasteiger partial charge in [-0.2, -0.15) is 0 Å². The third kappa shape index (κ3) is 4.28. The first-order valence-corrected chi connectivity index (χ1v) is 10.0. The molecule has 1 fully saturated rings. The number of benzene rings is 3. The van der Waals surface area contributed by atoms with Crippen molar-refractivity contribution in [2.75, 3.05) is 25.6 Å². The lowest BCUT2D eigenvalue weighted by Gasteiger charge is -2.15. The van der Waals surface area contributed by atoms with Gasteiger partial charge in [-0.25, -0.2) is 0 Å². The van der Waals surface area contributed by atoms with Crippen molar-refractivity contribution in [3.05, 3.63) is 71.8 Å². The highest BCUT2D eigenvalue weighted by molar-refractivity contribution is 6.11. The maximum atomic E-state index is 13.0. The molecule has 1 atom stereocenters. The summed E-state index contributed by atoms with van der Waals surface area (Å²) in [7, 11) is 1.54. The second kappa shape index (κ2) is 8.97. The number of amides is 2. The van der Waals surface area contributed by atoms with Crippen LogP contribution >= 0.6 is 0 Å². The minimum absolute atomic E-state index is 0.0533. The number of nitrogens with one attached hydrogen (secondary N) is 2. The zero-order valence-corrected chi connectivity index (χ0v) is 16.8. The zero-order chi connectivity index (χ0) is 20.9. The fraction of sp³-hybridized carbons (Fsp3) is 0.250. The lowest BCUT2D eigenvalue weighted by atomic mass is 10.0. The SMILES string of the molecule is COc1cc2ccccc2cc1C(=O)Nc1ccccc1C(=O)NC[C@@H]1CCCO1. The Morgan fingerprint density at radius 3 is 2.47 bits per heavy atom. The van der Waals surface area contributed by atoms with Gasteiger partial charge >= 0.3 is 0 Å². The number of hydrogen-bond acceptors (Lipinski definition) is 4. The fourth-order valence-corrected chi connectivity index (χ4v) is 3.65. The summed E-state index contributed by atoms with van der Waals surface area (Å²) in [5.41, 5.74) is 1.26. The number of methoxy groups -OCH3 is 1.